The van der Waals surface area contributed by atoms with Crippen LogP contribution in [0.25, 0.3) is 0 Å². The number of sulfonamides is 1. The van der Waals surface area contributed by atoms with Crippen molar-refractivity contribution >= 4 is 33.3 Å². The smallest absolute Gasteiger partial charge is 0.243 e. The van der Waals surface area contributed by atoms with Gasteiger partial charge in [-0.15, -0.1) is 0 Å². The second-order valence-corrected chi connectivity index (χ2v) is 10.6. The van der Waals surface area contributed by atoms with E-state index in [9.17, 15) is 18.0 Å². The highest BCUT2D eigenvalue weighted by Crippen LogP contribution is 2.34. The molecule has 3 heterocycles. The summed E-state index contributed by atoms with van der Waals surface area (Å²) in [7, 11) is -2.42. The first-order chi connectivity index (χ1) is 15.7. The Kier molecular flexibility index (Phi) is 6.40. The second kappa shape index (κ2) is 9.11. The van der Waals surface area contributed by atoms with Crippen molar-refractivity contribution in [3.8, 4) is 0 Å². The van der Waals surface area contributed by atoms with Gasteiger partial charge in [-0.3, -0.25) is 9.59 Å². The van der Waals surface area contributed by atoms with Crippen LogP contribution in [0.3, 0.4) is 0 Å². The molecule has 0 saturated carbocycles. The van der Waals surface area contributed by atoms with Crippen LogP contribution in [0, 0.1) is 0 Å². The number of nitrogens with zero attached hydrogens (tertiary/aromatic N) is 5. The Morgan fingerprint density at radius 1 is 1.12 bits per heavy atom. The van der Waals surface area contributed by atoms with E-state index in [-0.39, 0.29) is 29.3 Å². The summed E-state index contributed by atoms with van der Waals surface area (Å²) in [6, 6.07) is 10.5. The minimum Gasteiger partial charge on any atom is -0.353 e. The minimum atomic E-state index is -3.84. The van der Waals surface area contributed by atoms with Crippen molar-refractivity contribution in [2.45, 2.75) is 31.2 Å². The summed E-state index contributed by atoms with van der Waals surface area (Å²) in [5, 5.41) is 0. The molecular weight excluding hydrogens is 442 g/mol. The van der Waals surface area contributed by atoms with E-state index in [1.165, 1.54) is 20.0 Å². The Balaban J connectivity index is 1.40. The Labute approximate surface area is 194 Å². The van der Waals surface area contributed by atoms with Crippen molar-refractivity contribution < 1.29 is 18.0 Å². The predicted octanol–water partition coefficient (Wildman–Crippen LogP) is 1.35. The zero-order chi connectivity index (χ0) is 23.8. The number of hydrogen-bond donors (Lipinski definition) is 0. The van der Waals surface area contributed by atoms with Gasteiger partial charge in [0.1, 0.15) is 5.82 Å². The summed E-state index contributed by atoms with van der Waals surface area (Å²) >= 11 is 0. The van der Waals surface area contributed by atoms with Crippen molar-refractivity contribution in [2.75, 3.05) is 49.6 Å². The number of fused-ring (bicyclic) bond motifs is 1. The van der Waals surface area contributed by atoms with Crippen molar-refractivity contribution in [1.82, 2.24) is 14.2 Å². The van der Waals surface area contributed by atoms with E-state index in [0.717, 1.165) is 21.4 Å². The lowest BCUT2D eigenvalue weighted by Crippen LogP contribution is -2.51. The molecule has 33 heavy (non-hydrogen) atoms. The number of likely N-dealkylation sites (N-methyl/N-ethyl adjacent to an activating group) is 1. The van der Waals surface area contributed by atoms with Crippen molar-refractivity contribution in [3.63, 3.8) is 0 Å². The number of pyridine rings is 1. The summed E-state index contributed by atoms with van der Waals surface area (Å²) in [6.07, 6.45) is 2.34. The molecule has 1 aromatic carbocycles. The number of benzene rings is 1. The van der Waals surface area contributed by atoms with Crippen molar-refractivity contribution in [1.29, 1.82) is 0 Å². The molecular formula is C23H29N5O4S. The number of amides is 2. The molecule has 1 saturated heterocycles. The zero-order valence-electron chi connectivity index (χ0n) is 19.1. The van der Waals surface area contributed by atoms with Crippen LogP contribution in [-0.4, -0.2) is 80.2 Å². The predicted molar refractivity (Wildman–Crippen MR) is 126 cm³/mol. The van der Waals surface area contributed by atoms with Crippen LogP contribution >= 0.6 is 0 Å². The van der Waals surface area contributed by atoms with Crippen molar-refractivity contribution in [3.05, 3.63) is 48.2 Å². The van der Waals surface area contributed by atoms with Gasteiger partial charge in [-0.25, -0.2) is 13.4 Å². The number of rotatable bonds is 5. The van der Waals surface area contributed by atoms with Gasteiger partial charge in [0.05, 0.1) is 11.4 Å². The maximum atomic E-state index is 13.1. The van der Waals surface area contributed by atoms with E-state index < -0.39 is 10.0 Å². The number of aromatic nitrogens is 1. The van der Waals surface area contributed by atoms with Crippen LogP contribution in [0.4, 0.5) is 11.5 Å². The number of carbonyl (C=O) groups excluding carboxylic acids is 2. The molecule has 0 aliphatic carbocycles. The van der Waals surface area contributed by atoms with Crippen LogP contribution in [-0.2, 0) is 26.0 Å². The normalized spacial score (nSPS) is 18.5. The van der Waals surface area contributed by atoms with Gasteiger partial charge in [0, 0.05) is 58.1 Å². The Hall–Kier alpha value is -2.98. The first-order valence-electron chi connectivity index (χ1n) is 11.0. The topological polar surface area (TPSA) is 94.1 Å². The fraction of sp³-hybridized carbons (Fsp3) is 0.435. The molecule has 0 bridgehead atoms. The Morgan fingerprint density at radius 2 is 1.85 bits per heavy atom. The molecule has 9 nitrogen and oxygen atoms in total. The van der Waals surface area contributed by atoms with Crippen LogP contribution in [0.5, 0.6) is 0 Å². The molecule has 0 N–H and O–H groups in total. The van der Waals surface area contributed by atoms with Crippen molar-refractivity contribution in [2.24, 2.45) is 0 Å². The highest BCUT2D eigenvalue weighted by Gasteiger charge is 2.32. The van der Waals surface area contributed by atoms with Gasteiger partial charge in [-0.1, -0.05) is 6.07 Å². The summed E-state index contributed by atoms with van der Waals surface area (Å²) in [4.78, 5) is 34.7. The number of hydrogen-bond acceptors (Lipinski definition) is 6. The SMILES string of the molecule is CC(=O)N1c2ccc(S(=O)(=O)N(C)CC(=O)N3CCN(c4ccccn4)CC3)cc2CC1C. The standard InChI is InChI=1S/C23H29N5O4S/c1-17-14-19-15-20(7-8-21(19)28(17)18(2)29)33(31,32)25(3)16-23(30)27-12-10-26(11-13-27)22-6-4-5-9-24-22/h4-9,15,17H,10-14,16H2,1-3H3. The molecule has 4 rings (SSSR count). The average Bonchev–Trinajstić information content (AvgIpc) is 3.14. The molecule has 2 amide bonds. The Morgan fingerprint density at radius 3 is 2.48 bits per heavy atom. The van der Waals surface area contributed by atoms with Gasteiger partial charge in [0.2, 0.25) is 21.8 Å². The van der Waals surface area contributed by atoms with Gasteiger partial charge < -0.3 is 14.7 Å². The van der Waals surface area contributed by atoms with Crippen LogP contribution in [0.15, 0.2) is 47.5 Å². The lowest BCUT2D eigenvalue weighted by atomic mass is 10.1. The zero-order valence-corrected chi connectivity index (χ0v) is 20.0. The molecule has 1 atom stereocenters. The first kappa shape index (κ1) is 23.2. The summed E-state index contributed by atoms with van der Waals surface area (Å²) in [5.74, 6) is 0.584. The number of anilines is 2. The molecule has 0 radical (unpaired) electrons. The van der Waals surface area contributed by atoms with Gasteiger partial charge in [0.25, 0.3) is 0 Å². The highest BCUT2D eigenvalue weighted by molar-refractivity contribution is 7.89. The van der Waals surface area contributed by atoms with E-state index in [1.54, 1.807) is 28.1 Å². The lowest BCUT2D eigenvalue weighted by Gasteiger charge is -2.36. The van der Waals surface area contributed by atoms with Crippen LogP contribution in [0.1, 0.15) is 19.4 Å². The molecule has 1 fully saturated rings. The van der Waals surface area contributed by atoms with Crippen LogP contribution in [0.2, 0.25) is 0 Å². The molecule has 2 aliphatic heterocycles. The van der Waals surface area contributed by atoms with Crippen LogP contribution < -0.4 is 9.80 Å². The molecule has 1 unspecified atom stereocenters. The third kappa shape index (κ3) is 4.58. The highest BCUT2D eigenvalue weighted by atomic mass is 32.2. The average molecular weight is 472 g/mol. The minimum absolute atomic E-state index is 0.0143. The van der Waals surface area contributed by atoms with E-state index >= 15 is 0 Å². The third-order valence-electron chi connectivity index (χ3n) is 6.28. The van der Waals surface area contributed by atoms with Gasteiger partial charge in [0.15, 0.2) is 0 Å². The fourth-order valence-electron chi connectivity index (χ4n) is 4.53. The maximum Gasteiger partial charge on any atom is 0.243 e. The quantitative estimate of drug-likeness (QED) is 0.654. The van der Waals surface area contributed by atoms with E-state index in [1.807, 2.05) is 25.1 Å². The number of carbonyl (C=O) groups is 2. The van der Waals surface area contributed by atoms with E-state index in [0.29, 0.717) is 32.6 Å². The summed E-state index contributed by atoms with van der Waals surface area (Å²) in [5.41, 5.74) is 1.57. The maximum absolute atomic E-state index is 13.1. The molecule has 176 valence electrons. The third-order valence-corrected chi connectivity index (χ3v) is 8.08. The molecule has 1 aromatic heterocycles. The molecule has 2 aromatic rings. The molecule has 10 heteroatoms. The summed E-state index contributed by atoms with van der Waals surface area (Å²) < 4.78 is 27.4. The first-order valence-corrected chi connectivity index (χ1v) is 12.5. The van der Waals surface area contributed by atoms with E-state index in [4.69, 9.17) is 0 Å². The fourth-order valence-corrected chi connectivity index (χ4v) is 5.70. The lowest BCUT2D eigenvalue weighted by molar-refractivity contribution is -0.131. The van der Waals surface area contributed by atoms with Gasteiger partial charge in [-0.2, -0.15) is 4.31 Å². The van der Waals surface area contributed by atoms with E-state index in [2.05, 4.69) is 9.88 Å². The molecule has 0 spiro atoms. The Bertz CT molecular complexity index is 1150. The second-order valence-electron chi connectivity index (χ2n) is 8.55. The van der Waals surface area contributed by atoms with Gasteiger partial charge in [-0.05, 0) is 49.2 Å². The molecule has 2 aliphatic rings. The monoisotopic (exact) mass is 471 g/mol. The largest absolute Gasteiger partial charge is 0.353 e. The summed E-state index contributed by atoms with van der Waals surface area (Å²) in [6.45, 7) is 5.55. The van der Waals surface area contributed by atoms with Gasteiger partial charge >= 0.3 is 0 Å². The number of piperazine rings is 1.